The van der Waals surface area contributed by atoms with Crippen molar-refractivity contribution >= 4 is 5.97 Å². The summed E-state index contributed by atoms with van der Waals surface area (Å²) in [5.41, 5.74) is 2.28. The fourth-order valence-electron chi connectivity index (χ4n) is 2.40. The standard InChI is InChI=1S/C14H21N3O3/c1-17(2)7-8-20-13(18)9-12-10-5-3-4-6-11(10)14(19)16-15-12/h3-9H2,1-2H3,(H,16,19). The topological polar surface area (TPSA) is 75.3 Å². The number of rotatable bonds is 5. The summed E-state index contributed by atoms with van der Waals surface area (Å²) in [5.74, 6) is -0.292. The van der Waals surface area contributed by atoms with Gasteiger partial charge in [-0.05, 0) is 45.3 Å². The summed E-state index contributed by atoms with van der Waals surface area (Å²) in [5, 5.41) is 6.51. The van der Waals surface area contributed by atoms with Crippen molar-refractivity contribution in [2.45, 2.75) is 32.1 Å². The maximum atomic E-state index is 11.8. The molecular formula is C14H21N3O3. The number of esters is 1. The van der Waals surface area contributed by atoms with E-state index in [4.69, 9.17) is 4.74 Å². The van der Waals surface area contributed by atoms with Crippen LogP contribution < -0.4 is 5.56 Å². The number of carbonyl (C=O) groups is 1. The number of nitrogens with one attached hydrogen (secondary N) is 1. The van der Waals surface area contributed by atoms with Crippen LogP contribution in [0.5, 0.6) is 0 Å². The van der Waals surface area contributed by atoms with E-state index in [9.17, 15) is 9.59 Å². The van der Waals surface area contributed by atoms with Crippen LogP contribution in [0.3, 0.4) is 0 Å². The van der Waals surface area contributed by atoms with Gasteiger partial charge < -0.3 is 9.64 Å². The second kappa shape index (κ2) is 6.65. The maximum Gasteiger partial charge on any atom is 0.311 e. The molecule has 20 heavy (non-hydrogen) atoms. The molecule has 1 aliphatic rings. The number of aromatic nitrogens is 2. The molecule has 0 radical (unpaired) electrons. The number of fused-ring (bicyclic) bond motifs is 1. The summed E-state index contributed by atoms with van der Waals surface area (Å²) in [6.07, 6.45) is 3.79. The van der Waals surface area contributed by atoms with Crippen LogP contribution in [0.2, 0.25) is 0 Å². The van der Waals surface area contributed by atoms with E-state index in [2.05, 4.69) is 10.2 Å². The van der Waals surface area contributed by atoms with Gasteiger partial charge in [-0.2, -0.15) is 5.10 Å². The average molecular weight is 279 g/mol. The number of H-pyrrole nitrogens is 1. The van der Waals surface area contributed by atoms with Crippen molar-refractivity contribution in [1.29, 1.82) is 0 Å². The Morgan fingerprint density at radius 1 is 1.30 bits per heavy atom. The monoisotopic (exact) mass is 279 g/mol. The zero-order chi connectivity index (χ0) is 14.5. The van der Waals surface area contributed by atoms with E-state index in [1.54, 1.807) is 0 Å². The van der Waals surface area contributed by atoms with E-state index in [-0.39, 0.29) is 17.9 Å². The molecule has 6 nitrogen and oxygen atoms in total. The van der Waals surface area contributed by atoms with Gasteiger partial charge in [0.25, 0.3) is 5.56 Å². The van der Waals surface area contributed by atoms with Gasteiger partial charge in [0.2, 0.25) is 0 Å². The first kappa shape index (κ1) is 14.7. The predicted octanol–water partition coefficient (Wildman–Crippen LogP) is 0.296. The van der Waals surface area contributed by atoms with E-state index < -0.39 is 0 Å². The third-order valence-corrected chi connectivity index (χ3v) is 3.50. The Morgan fingerprint density at radius 2 is 2.00 bits per heavy atom. The molecule has 0 unspecified atom stereocenters. The van der Waals surface area contributed by atoms with Crippen molar-refractivity contribution < 1.29 is 9.53 Å². The highest BCUT2D eigenvalue weighted by atomic mass is 16.5. The van der Waals surface area contributed by atoms with Crippen LogP contribution in [0, 0.1) is 0 Å². The molecule has 0 amide bonds. The molecule has 0 bridgehead atoms. The van der Waals surface area contributed by atoms with Crippen LogP contribution in [0.25, 0.3) is 0 Å². The third-order valence-electron chi connectivity index (χ3n) is 3.50. The molecule has 110 valence electrons. The number of carbonyl (C=O) groups excluding carboxylic acids is 1. The first-order valence-electron chi connectivity index (χ1n) is 6.97. The average Bonchev–Trinajstić information content (AvgIpc) is 2.42. The Kier molecular flexibility index (Phi) is 4.89. The number of ether oxygens (including phenoxy) is 1. The molecule has 6 heteroatoms. The normalized spacial score (nSPS) is 14.2. The summed E-state index contributed by atoms with van der Waals surface area (Å²) < 4.78 is 5.17. The lowest BCUT2D eigenvalue weighted by atomic mass is 9.91. The Morgan fingerprint density at radius 3 is 2.70 bits per heavy atom. The highest BCUT2D eigenvalue weighted by molar-refractivity contribution is 5.72. The van der Waals surface area contributed by atoms with Gasteiger partial charge in [0.1, 0.15) is 6.61 Å². The SMILES string of the molecule is CN(C)CCOC(=O)Cc1n[nH]c(=O)c2c1CCCC2. The second-order valence-corrected chi connectivity index (χ2v) is 5.36. The molecule has 1 N–H and O–H groups in total. The van der Waals surface area contributed by atoms with E-state index in [1.807, 2.05) is 19.0 Å². The van der Waals surface area contributed by atoms with Gasteiger partial charge in [-0.25, -0.2) is 5.10 Å². The lowest BCUT2D eigenvalue weighted by Crippen LogP contribution is -2.25. The lowest BCUT2D eigenvalue weighted by molar-refractivity contribution is -0.143. The zero-order valence-electron chi connectivity index (χ0n) is 12.1. The summed E-state index contributed by atoms with van der Waals surface area (Å²) >= 11 is 0. The van der Waals surface area contributed by atoms with Crippen molar-refractivity contribution in [2.75, 3.05) is 27.2 Å². The van der Waals surface area contributed by atoms with Gasteiger partial charge >= 0.3 is 5.97 Å². The Hall–Kier alpha value is -1.69. The molecule has 2 rings (SSSR count). The van der Waals surface area contributed by atoms with Crippen molar-refractivity contribution in [3.8, 4) is 0 Å². The van der Waals surface area contributed by atoms with Crippen molar-refractivity contribution in [3.63, 3.8) is 0 Å². The molecule has 0 atom stereocenters. The molecule has 0 spiro atoms. The lowest BCUT2D eigenvalue weighted by Gasteiger charge is -2.17. The van der Waals surface area contributed by atoms with E-state index in [1.165, 1.54) is 0 Å². The minimum Gasteiger partial charge on any atom is -0.464 e. The minimum absolute atomic E-state index is 0.121. The molecule has 1 aromatic rings. The first-order chi connectivity index (χ1) is 9.58. The summed E-state index contributed by atoms with van der Waals surface area (Å²) in [4.78, 5) is 25.5. The van der Waals surface area contributed by atoms with Crippen molar-refractivity contribution in [1.82, 2.24) is 15.1 Å². The number of aromatic amines is 1. The van der Waals surface area contributed by atoms with Crippen molar-refractivity contribution in [3.05, 3.63) is 27.2 Å². The molecule has 0 aromatic carbocycles. The fraction of sp³-hybridized carbons (Fsp3) is 0.643. The molecule has 0 fully saturated rings. The molecule has 1 heterocycles. The minimum atomic E-state index is -0.292. The highest BCUT2D eigenvalue weighted by Gasteiger charge is 2.19. The van der Waals surface area contributed by atoms with Crippen LogP contribution in [0.4, 0.5) is 0 Å². The fourth-order valence-corrected chi connectivity index (χ4v) is 2.40. The number of hydrogen-bond acceptors (Lipinski definition) is 5. The molecule has 0 aliphatic heterocycles. The van der Waals surface area contributed by atoms with Crippen LogP contribution in [-0.4, -0.2) is 48.3 Å². The van der Waals surface area contributed by atoms with Gasteiger partial charge in [-0.1, -0.05) is 0 Å². The van der Waals surface area contributed by atoms with E-state index >= 15 is 0 Å². The molecule has 0 saturated carbocycles. The van der Waals surface area contributed by atoms with Crippen LogP contribution in [-0.2, 0) is 28.8 Å². The third kappa shape index (κ3) is 3.66. The van der Waals surface area contributed by atoms with Crippen LogP contribution >= 0.6 is 0 Å². The molecule has 1 aromatic heterocycles. The summed E-state index contributed by atoms with van der Waals surface area (Å²) in [7, 11) is 3.85. The number of hydrogen-bond donors (Lipinski definition) is 1. The Labute approximate surface area is 118 Å². The van der Waals surface area contributed by atoms with Gasteiger partial charge in [0.05, 0.1) is 12.1 Å². The molecule has 1 aliphatic carbocycles. The smallest absolute Gasteiger partial charge is 0.311 e. The molecular weight excluding hydrogens is 258 g/mol. The van der Waals surface area contributed by atoms with Crippen LogP contribution in [0.1, 0.15) is 29.7 Å². The predicted molar refractivity (Wildman–Crippen MR) is 74.7 cm³/mol. The quantitative estimate of drug-likeness (QED) is 0.784. The highest BCUT2D eigenvalue weighted by Crippen LogP contribution is 2.20. The summed E-state index contributed by atoms with van der Waals surface area (Å²) in [6, 6.07) is 0. The number of likely N-dealkylation sites (N-methyl/N-ethyl adjacent to an activating group) is 1. The number of nitrogens with zero attached hydrogens (tertiary/aromatic N) is 2. The van der Waals surface area contributed by atoms with Crippen molar-refractivity contribution in [2.24, 2.45) is 0 Å². The molecule has 0 saturated heterocycles. The second-order valence-electron chi connectivity index (χ2n) is 5.36. The van der Waals surface area contributed by atoms with E-state index in [0.29, 0.717) is 18.8 Å². The Balaban J connectivity index is 2.03. The first-order valence-corrected chi connectivity index (χ1v) is 6.97. The zero-order valence-corrected chi connectivity index (χ0v) is 12.1. The Bertz CT molecular complexity index is 537. The largest absolute Gasteiger partial charge is 0.464 e. The summed E-state index contributed by atoms with van der Waals surface area (Å²) in [6.45, 7) is 1.07. The van der Waals surface area contributed by atoms with E-state index in [0.717, 1.165) is 36.8 Å². The van der Waals surface area contributed by atoms with Gasteiger partial charge in [-0.15, -0.1) is 0 Å². The van der Waals surface area contributed by atoms with Crippen LogP contribution in [0.15, 0.2) is 4.79 Å². The van der Waals surface area contributed by atoms with Gasteiger partial charge in [0.15, 0.2) is 0 Å². The van der Waals surface area contributed by atoms with Gasteiger partial charge in [0, 0.05) is 12.1 Å². The van der Waals surface area contributed by atoms with Gasteiger partial charge in [-0.3, -0.25) is 9.59 Å². The maximum absolute atomic E-state index is 11.8.